The van der Waals surface area contributed by atoms with Crippen molar-refractivity contribution in [3.8, 4) is 0 Å². The number of pyridine rings is 1. The molecule has 2 heterocycles. The predicted molar refractivity (Wildman–Crippen MR) is 111 cm³/mol. The van der Waals surface area contributed by atoms with Crippen LogP contribution < -0.4 is 10.6 Å². The van der Waals surface area contributed by atoms with Crippen molar-refractivity contribution in [2.24, 2.45) is 0 Å². The third-order valence-electron chi connectivity index (χ3n) is 5.13. The first-order chi connectivity index (χ1) is 13.5. The number of carbonyl (C=O) groups excluding carboxylic acids is 2. The molecule has 28 heavy (non-hydrogen) atoms. The Morgan fingerprint density at radius 3 is 2.68 bits per heavy atom. The first-order valence-electron chi connectivity index (χ1n) is 9.26. The number of dihydropyridines is 1. The Morgan fingerprint density at radius 1 is 1.18 bits per heavy atom. The largest absolute Gasteiger partial charge is 0.362 e. The standard InChI is InChI=1S/C22H20BrN3O2/c1-13-19(22(28)26-18-7-2-3-12-24-18)20(14-8-10-15(23)11-9-14)21-16(25-13)5-4-6-17(21)27/h2-3,7-12,20,25H,4-6H2,1H3,(H,24,26,28)/t20-/m0/s1. The monoisotopic (exact) mass is 437 g/mol. The van der Waals surface area contributed by atoms with Crippen molar-refractivity contribution in [1.29, 1.82) is 0 Å². The summed E-state index contributed by atoms with van der Waals surface area (Å²) in [7, 11) is 0. The highest BCUT2D eigenvalue weighted by atomic mass is 79.9. The van der Waals surface area contributed by atoms with E-state index in [1.54, 1.807) is 18.3 Å². The highest BCUT2D eigenvalue weighted by Crippen LogP contribution is 2.42. The molecule has 0 unspecified atom stereocenters. The number of amides is 1. The molecule has 1 aliphatic heterocycles. The van der Waals surface area contributed by atoms with E-state index in [1.165, 1.54) is 0 Å². The molecule has 0 saturated carbocycles. The normalized spacial score (nSPS) is 19.2. The zero-order chi connectivity index (χ0) is 19.7. The molecule has 142 valence electrons. The number of anilines is 1. The van der Waals surface area contributed by atoms with Crippen LogP contribution in [-0.2, 0) is 9.59 Å². The molecule has 2 N–H and O–H groups in total. The van der Waals surface area contributed by atoms with E-state index in [0.717, 1.165) is 34.3 Å². The van der Waals surface area contributed by atoms with Crippen LogP contribution in [0.5, 0.6) is 0 Å². The first kappa shape index (κ1) is 18.6. The van der Waals surface area contributed by atoms with Gasteiger partial charge in [0.2, 0.25) is 0 Å². The maximum atomic E-state index is 13.2. The van der Waals surface area contributed by atoms with Crippen molar-refractivity contribution in [1.82, 2.24) is 10.3 Å². The molecule has 1 aromatic heterocycles. The van der Waals surface area contributed by atoms with Gasteiger partial charge >= 0.3 is 0 Å². The molecule has 0 saturated heterocycles. The van der Waals surface area contributed by atoms with E-state index in [2.05, 4.69) is 31.5 Å². The molecule has 1 aromatic carbocycles. The van der Waals surface area contributed by atoms with Crippen molar-refractivity contribution in [3.63, 3.8) is 0 Å². The number of allylic oxidation sites excluding steroid dienone is 3. The molecular weight excluding hydrogens is 418 g/mol. The van der Waals surface area contributed by atoms with Crippen LogP contribution >= 0.6 is 15.9 Å². The number of aromatic nitrogens is 1. The molecule has 0 radical (unpaired) electrons. The summed E-state index contributed by atoms with van der Waals surface area (Å²) in [5.74, 6) is -0.0446. The van der Waals surface area contributed by atoms with Crippen LogP contribution in [0.2, 0.25) is 0 Å². The summed E-state index contributed by atoms with van der Waals surface area (Å²) in [6, 6.07) is 13.2. The molecule has 4 rings (SSSR count). The van der Waals surface area contributed by atoms with E-state index in [0.29, 0.717) is 23.4 Å². The van der Waals surface area contributed by atoms with E-state index in [1.807, 2.05) is 37.3 Å². The minimum atomic E-state index is -0.388. The molecule has 0 fully saturated rings. The Bertz CT molecular complexity index is 994. The lowest BCUT2D eigenvalue weighted by molar-refractivity contribution is -0.116. The van der Waals surface area contributed by atoms with E-state index in [-0.39, 0.29) is 17.6 Å². The van der Waals surface area contributed by atoms with Crippen molar-refractivity contribution >= 4 is 33.4 Å². The summed E-state index contributed by atoms with van der Waals surface area (Å²) >= 11 is 3.46. The number of halogens is 1. The number of rotatable bonds is 3. The Kier molecular flexibility index (Phi) is 5.13. The summed E-state index contributed by atoms with van der Waals surface area (Å²) in [5, 5.41) is 6.20. The number of benzene rings is 1. The van der Waals surface area contributed by atoms with Gasteiger partial charge in [0, 0.05) is 45.5 Å². The number of hydrogen-bond donors (Lipinski definition) is 2. The summed E-state index contributed by atoms with van der Waals surface area (Å²) in [4.78, 5) is 30.2. The van der Waals surface area contributed by atoms with Crippen LogP contribution in [0.3, 0.4) is 0 Å². The van der Waals surface area contributed by atoms with Crippen molar-refractivity contribution in [2.45, 2.75) is 32.1 Å². The molecule has 2 aromatic rings. The summed E-state index contributed by atoms with van der Waals surface area (Å²) < 4.78 is 0.953. The predicted octanol–water partition coefficient (Wildman–Crippen LogP) is 4.45. The van der Waals surface area contributed by atoms with Gasteiger partial charge in [0.15, 0.2) is 5.78 Å². The maximum Gasteiger partial charge on any atom is 0.255 e. The average Bonchev–Trinajstić information content (AvgIpc) is 2.68. The van der Waals surface area contributed by atoms with Crippen LogP contribution in [0, 0.1) is 0 Å². The maximum absolute atomic E-state index is 13.2. The SMILES string of the molecule is CC1=C(C(=O)Nc2ccccn2)[C@H](c2ccc(Br)cc2)C2=C(CCCC2=O)N1. The first-order valence-corrected chi connectivity index (χ1v) is 10.1. The molecule has 6 heteroatoms. The molecule has 0 bridgehead atoms. The number of nitrogens with zero attached hydrogens (tertiary/aromatic N) is 1. The number of nitrogens with one attached hydrogen (secondary N) is 2. The number of hydrogen-bond acceptors (Lipinski definition) is 4. The van der Waals surface area contributed by atoms with Gasteiger partial charge in [0.05, 0.1) is 0 Å². The highest BCUT2D eigenvalue weighted by molar-refractivity contribution is 9.10. The van der Waals surface area contributed by atoms with Gasteiger partial charge in [-0.3, -0.25) is 9.59 Å². The minimum absolute atomic E-state index is 0.109. The van der Waals surface area contributed by atoms with Crippen LogP contribution in [0.1, 0.15) is 37.7 Å². The van der Waals surface area contributed by atoms with Gasteiger partial charge in [-0.25, -0.2) is 4.98 Å². The quantitative estimate of drug-likeness (QED) is 0.743. The van der Waals surface area contributed by atoms with Crippen LogP contribution in [0.4, 0.5) is 5.82 Å². The number of ketones is 1. The molecule has 1 aliphatic carbocycles. The fourth-order valence-electron chi connectivity index (χ4n) is 3.89. The molecular formula is C22H20BrN3O2. The van der Waals surface area contributed by atoms with Gasteiger partial charge in [-0.05, 0) is 49.6 Å². The Balaban J connectivity index is 1.79. The number of Topliss-reactive ketones (excluding diaryl/α,β-unsaturated/α-hetero) is 1. The van der Waals surface area contributed by atoms with E-state index in [4.69, 9.17) is 0 Å². The van der Waals surface area contributed by atoms with Crippen molar-refractivity contribution < 1.29 is 9.59 Å². The van der Waals surface area contributed by atoms with Gasteiger partial charge in [0.1, 0.15) is 5.82 Å². The van der Waals surface area contributed by atoms with Crippen LogP contribution in [-0.4, -0.2) is 16.7 Å². The summed E-state index contributed by atoms with van der Waals surface area (Å²) in [6.07, 6.45) is 3.80. The lowest BCUT2D eigenvalue weighted by Gasteiger charge is -2.34. The zero-order valence-electron chi connectivity index (χ0n) is 15.5. The lowest BCUT2D eigenvalue weighted by Crippen LogP contribution is -2.35. The van der Waals surface area contributed by atoms with Crippen molar-refractivity contribution in [2.75, 3.05) is 5.32 Å². The fourth-order valence-corrected chi connectivity index (χ4v) is 4.16. The zero-order valence-corrected chi connectivity index (χ0v) is 17.0. The average molecular weight is 438 g/mol. The van der Waals surface area contributed by atoms with Gasteiger partial charge in [-0.1, -0.05) is 34.1 Å². The molecule has 2 aliphatic rings. The fraction of sp³-hybridized carbons (Fsp3) is 0.227. The lowest BCUT2D eigenvalue weighted by atomic mass is 9.75. The van der Waals surface area contributed by atoms with Gasteiger partial charge in [-0.15, -0.1) is 0 Å². The smallest absolute Gasteiger partial charge is 0.255 e. The molecule has 5 nitrogen and oxygen atoms in total. The third kappa shape index (κ3) is 3.52. The highest BCUT2D eigenvalue weighted by Gasteiger charge is 2.38. The third-order valence-corrected chi connectivity index (χ3v) is 5.66. The molecule has 0 spiro atoms. The van der Waals surface area contributed by atoms with E-state index in [9.17, 15) is 9.59 Å². The van der Waals surface area contributed by atoms with Gasteiger partial charge in [-0.2, -0.15) is 0 Å². The molecule has 1 atom stereocenters. The minimum Gasteiger partial charge on any atom is -0.362 e. The van der Waals surface area contributed by atoms with Crippen LogP contribution in [0.15, 0.2) is 75.7 Å². The summed E-state index contributed by atoms with van der Waals surface area (Å²) in [5.41, 5.74) is 3.91. The second-order valence-corrected chi connectivity index (χ2v) is 7.90. The Hall–Kier alpha value is -2.73. The second kappa shape index (κ2) is 7.72. The Morgan fingerprint density at radius 2 is 1.96 bits per heavy atom. The van der Waals surface area contributed by atoms with E-state index >= 15 is 0 Å². The molecule has 1 amide bonds. The number of carbonyl (C=O) groups is 2. The Labute approximate surface area is 172 Å². The van der Waals surface area contributed by atoms with Gasteiger partial charge in [0.25, 0.3) is 5.91 Å². The second-order valence-electron chi connectivity index (χ2n) is 6.99. The van der Waals surface area contributed by atoms with E-state index < -0.39 is 0 Å². The van der Waals surface area contributed by atoms with Gasteiger partial charge < -0.3 is 10.6 Å². The topological polar surface area (TPSA) is 71.1 Å². The van der Waals surface area contributed by atoms with Crippen molar-refractivity contribution in [3.05, 3.63) is 81.2 Å². The summed E-state index contributed by atoms with van der Waals surface area (Å²) in [6.45, 7) is 1.89. The van der Waals surface area contributed by atoms with Crippen LogP contribution in [0.25, 0.3) is 0 Å².